The minimum atomic E-state index is -0.307. The van der Waals surface area contributed by atoms with Gasteiger partial charge in [0.15, 0.2) is 5.43 Å². The van der Waals surface area contributed by atoms with E-state index >= 15 is 0 Å². The fraction of sp³-hybridized carbons (Fsp3) is 0.400. The van der Waals surface area contributed by atoms with Crippen molar-refractivity contribution in [2.24, 2.45) is 0 Å². The number of pyridine rings is 1. The molecule has 0 radical (unpaired) electrons. The second-order valence-corrected chi connectivity index (χ2v) is 4.01. The first kappa shape index (κ1) is 11.8. The van der Waals surface area contributed by atoms with E-state index in [0.717, 1.165) is 12.2 Å². The fourth-order valence-electron chi connectivity index (χ4n) is 1.11. The number of aromatic amines is 1. The van der Waals surface area contributed by atoms with Gasteiger partial charge in [-0.3, -0.25) is 9.59 Å². The molecule has 2 N–H and O–H groups in total. The van der Waals surface area contributed by atoms with E-state index in [4.69, 9.17) is 0 Å². The molecule has 1 heterocycles. The van der Waals surface area contributed by atoms with Crippen LogP contribution < -0.4 is 10.7 Å². The average molecular weight is 226 g/mol. The molecule has 0 spiro atoms. The molecule has 0 saturated carbocycles. The lowest BCUT2D eigenvalue weighted by molar-refractivity contribution is 0.0952. The Bertz CT molecular complexity index is 376. The maximum absolute atomic E-state index is 11.5. The summed E-state index contributed by atoms with van der Waals surface area (Å²) in [5.74, 6) is 0.698. The highest BCUT2D eigenvalue weighted by Gasteiger charge is 2.07. The first-order valence-electron chi connectivity index (χ1n) is 4.70. The molecule has 1 rings (SSSR count). The van der Waals surface area contributed by atoms with Crippen molar-refractivity contribution < 1.29 is 4.79 Å². The molecule has 0 bridgehead atoms. The van der Waals surface area contributed by atoms with E-state index in [1.165, 1.54) is 18.5 Å². The average Bonchev–Trinajstić information content (AvgIpc) is 2.25. The van der Waals surface area contributed by atoms with Crippen LogP contribution >= 0.6 is 11.8 Å². The molecule has 1 amide bonds. The third kappa shape index (κ3) is 3.79. The molecule has 82 valence electrons. The zero-order chi connectivity index (χ0) is 11.1. The molecule has 0 aliphatic rings. The van der Waals surface area contributed by atoms with Crippen molar-refractivity contribution in [2.75, 3.05) is 18.6 Å². The van der Waals surface area contributed by atoms with Crippen LogP contribution in [0, 0.1) is 0 Å². The normalized spacial score (nSPS) is 9.93. The van der Waals surface area contributed by atoms with Gasteiger partial charge in [0, 0.05) is 25.0 Å². The van der Waals surface area contributed by atoms with Crippen molar-refractivity contribution in [1.29, 1.82) is 0 Å². The Balaban J connectivity index is 2.48. The maximum atomic E-state index is 11.5. The zero-order valence-corrected chi connectivity index (χ0v) is 9.39. The van der Waals surface area contributed by atoms with Crippen molar-refractivity contribution in [3.63, 3.8) is 0 Å². The molecular formula is C10H14N2O2S. The molecule has 0 unspecified atom stereocenters. The summed E-state index contributed by atoms with van der Waals surface area (Å²) in [6.45, 7) is 0.605. The van der Waals surface area contributed by atoms with Gasteiger partial charge in [0.25, 0.3) is 5.91 Å². The molecule has 1 aromatic heterocycles. The summed E-state index contributed by atoms with van der Waals surface area (Å²) in [5, 5.41) is 2.70. The standard InChI is InChI=1S/C10H14N2O2S/c1-15-6-2-4-12-10(14)8-7-11-5-3-9(8)13/h3,5,7H,2,4,6H2,1H3,(H,11,13)(H,12,14). The lowest BCUT2D eigenvalue weighted by atomic mass is 10.2. The van der Waals surface area contributed by atoms with Gasteiger partial charge < -0.3 is 10.3 Å². The summed E-state index contributed by atoms with van der Waals surface area (Å²) >= 11 is 1.73. The Morgan fingerprint density at radius 3 is 3.07 bits per heavy atom. The first-order valence-corrected chi connectivity index (χ1v) is 6.09. The van der Waals surface area contributed by atoms with Gasteiger partial charge in [-0.05, 0) is 18.4 Å². The smallest absolute Gasteiger partial charge is 0.256 e. The third-order valence-electron chi connectivity index (χ3n) is 1.88. The van der Waals surface area contributed by atoms with Crippen molar-refractivity contribution in [2.45, 2.75) is 6.42 Å². The lowest BCUT2D eigenvalue weighted by Crippen LogP contribution is -2.29. The SMILES string of the molecule is CSCCCNC(=O)c1c[nH]ccc1=O. The molecule has 0 fully saturated rings. The second-order valence-electron chi connectivity index (χ2n) is 3.02. The lowest BCUT2D eigenvalue weighted by Gasteiger charge is -2.03. The number of H-pyrrole nitrogens is 1. The number of hydrogen-bond acceptors (Lipinski definition) is 3. The molecule has 5 heteroatoms. The van der Waals surface area contributed by atoms with Crippen molar-refractivity contribution in [1.82, 2.24) is 10.3 Å². The fourth-order valence-corrected chi connectivity index (χ4v) is 1.54. The van der Waals surface area contributed by atoms with Crippen LogP contribution in [-0.4, -0.2) is 29.4 Å². The van der Waals surface area contributed by atoms with Crippen molar-refractivity contribution >= 4 is 17.7 Å². The van der Waals surface area contributed by atoms with Crippen LogP contribution in [0.15, 0.2) is 23.3 Å². The highest BCUT2D eigenvalue weighted by Crippen LogP contribution is 1.94. The topological polar surface area (TPSA) is 62.0 Å². The van der Waals surface area contributed by atoms with Crippen LogP contribution in [-0.2, 0) is 0 Å². The number of rotatable bonds is 5. The highest BCUT2D eigenvalue weighted by molar-refractivity contribution is 7.98. The Labute approximate surface area is 92.5 Å². The predicted molar refractivity (Wildman–Crippen MR) is 62.4 cm³/mol. The maximum Gasteiger partial charge on any atom is 0.256 e. The van der Waals surface area contributed by atoms with Crippen LogP contribution in [0.4, 0.5) is 0 Å². The number of amides is 1. The van der Waals surface area contributed by atoms with Gasteiger partial charge in [0.2, 0.25) is 0 Å². The molecule has 0 saturated heterocycles. The number of aromatic nitrogens is 1. The molecule has 0 aliphatic carbocycles. The second kappa shape index (κ2) is 6.29. The Kier molecular flexibility index (Phi) is 4.97. The largest absolute Gasteiger partial charge is 0.367 e. The molecule has 0 aliphatic heterocycles. The van der Waals surface area contributed by atoms with Gasteiger partial charge in [-0.25, -0.2) is 0 Å². The minimum absolute atomic E-state index is 0.168. The van der Waals surface area contributed by atoms with Crippen molar-refractivity contribution in [3.05, 3.63) is 34.2 Å². The summed E-state index contributed by atoms with van der Waals surface area (Å²) in [7, 11) is 0. The summed E-state index contributed by atoms with van der Waals surface area (Å²) in [6.07, 6.45) is 5.86. The van der Waals surface area contributed by atoms with Crippen LogP contribution in [0.25, 0.3) is 0 Å². The molecule has 0 atom stereocenters. The van der Waals surface area contributed by atoms with Crippen LogP contribution in [0.5, 0.6) is 0 Å². The van der Waals surface area contributed by atoms with E-state index in [1.807, 2.05) is 6.26 Å². The zero-order valence-electron chi connectivity index (χ0n) is 8.58. The summed E-state index contributed by atoms with van der Waals surface area (Å²) in [6, 6.07) is 1.34. The van der Waals surface area contributed by atoms with E-state index in [9.17, 15) is 9.59 Å². The van der Waals surface area contributed by atoms with E-state index in [-0.39, 0.29) is 16.9 Å². The first-order chi connectivity index (χ1) is 7.25. The van der Waals surface area contributed by atoms with Gasteiger partial charge in [-0.2, -0.15) is 11.8 Å². The van der Waals surface area contributed by atoms with E-state index in [0.29, 0.717) is 6.54 Å². The highest BCUT2D eigenvalue weighted by atomic mass is 32.2. The Hall–Kier alpha value is -1.23. The van der Waals surface area contributed by atoms with Crippen LogP contribution in [0.2, 0.25) is 0 Å². The number of nitrogens with one attached hydrogen (secondary N) is 2. The molecular weight excluding hydrogens is 212 g/mol. The van der Waals surface area contributed by atoms with Gasteiger partial charge in [-0.15, -0.1) is 0 Å². The quantitative estimate of drug-likeness (QED) is 0.732. The van der Waals surface area contributed by atoms with Gasteiger partial charge in [0.1, 0.15) is 5.56 Å². The molecule has 15 heavy (non-hydrogen) atoms. The number of hydrogen-bond donors (Lipinski definition) is 2. The van der Waals surface area contributed by atoms with Crippen LogP contribution in [0.1, 0.15) is 16.8 Å². The van der Waals surface area contributed by atoms with E-state index < -0.39 is 0 Å². The van der Waals surface area contributed by atoms with Gasteiger partial charge in [0.05, 0.1) is 0 Å². The van der Waals surface area contributed by atoms with E-state index in [1.54, 1.807) is 11.8 Å². The third-order valence-corrected chi connectivity index (χ3v) is 2.58. The predicted octanol–water partition coefficient (Wildman–Crippen LogP) is 0.858. The minimum Gasteiger partial charge on any atom is -0.367 e. The summed E-state index contributed by atoms with van der Waals surface area (Å²) in [5.41, 5.74) is -0.0854. The number of carbonyl (C=O) groups is 1. The Morgan fingerprint density at radius 1 is 1.60 bits per heavy atom. The molecule has 4 nitrogen and oxygen atoms in total. The summed E-state index contributed by atoms with van der Waals surface area (Å²) in [4.78, 5) is 25.5. The number of carbonyl (C=O) groups excluding carboxylic acids is 1. The van der Waals surface area contributed by atoms with Crippen molar-refractivity contribution in [3.8, 4) is 0 Å². The monoisotopic (exact) mass is 226 g/mol. The van der Waals surface area contributed by atoms with Gasteiger partial charge >= 0.3 is 0 Å². The molecule has 0 aromatic carbocycles. The molecule has 1 aromatic rings. The van der Waals surface area contributed by atoms with Gasteiger partial charge in [-0.1, -0.05) is 0 Å². The number of thioether (sulfide) groups is 1. The van der Waals surface area contributed by atoms with E-state index in [2.05, 4.69) is 10.3 Å². The summed E-state index contributed by atoms with van der Waals surface area (Å²) < 4.78 is 0. The Morgan fingerprint density at radius 2 is 2.40 bits per heavy atom. The van der Waals surface area contributed by atoms with Crippen LogP contribution in [0.3, 0.4) is 0 Å².